The van der Waals surface area contributed by atoms with Crippen LogP contribution in [0.3, 0.4) is 0 Å². The smallest absolute Gasteiger partial charge is 0.258 e. The number of rotatable bonds is 2. The number of halogens is 1. The van der Waals surface area contributed by atoms with E-state index in [-0.39, 0.29) is 17.6 Å². The Hall–Kier alpha value is -2.89. The lowest BCUT2D eigenvalue weighted by molar-refractivity contribution is 0.102. The Kier molecular flexibility index (Phi) is 3.04. The molecular formula is C17H15FN4O. The number of fused-ring (bicyclic) bond motifs is 3. The number of hydrogen-bond acceptors (Lipinski definition) is 2. The minimum absolute atomic E-state index is 0.167. The third-order valence-corrected chi connectivity index (χ3v) is 4.20. The van der Waals surface area contributed by atoms with Crippen LogP contribution in [0.2, 0.25) is 0 Å². The Bertz CT molecular complexity index is 896. The summed E-state index contributed by atoms with van der Waals surface area (Å²) in [6.07, 6.45) is 6.10. The van der Waals surface area contributed by atoms with Gasteiger partial charge in [-0.2, -0.15) is 0 Å². The molecule has 23 heavy (non-hydrogen) atoms. The fourth-order valence-electron chi connectivity index (χ4n) is 3.07. The van der Waals surface area contributed by atoms with Crippen molar-refractivity contribution in [2.24, 2.45) is 0 Å². The molecule has 3 aromatic rings. The summed E-state index contributed by atoms with van der Waals surface area (Å²) in [5.41, 5.74) is 2.42. The number of H-pyrrole nitrogens is 1. The summed E-state index contributed by atoms with van der Waals surface area (Å²) in [5, 5.41) is 2.63. The normalized spacial score (nSPS) is 15.8. The van der Waals surface area contributed by atoms with Crippen LogP contribution in [0.25, 0.3) is 11.4 Å². The molecule has 0 saturated heterocycles. The third kappa shape index (κ3) is 2.14. The Labute approximate surface area is 132 Å². The number of carbonyl (C=O) groups excluding carboxylic acids is 1. The summed E-state index contributed by atoms with van der Waals surface area (Å²) in [6, 6.07) is 6.40. The van der Waals surface area contributed by atoms with Crippen molar-refractivity contribution >= 4 is 11.6 Å². The highest BCUT2D eigenvalue weighted by atomic mass is 19.1. The molecule has 1 amide bonds. The Balaban J connectivity index is 1.73. The van der Waals surface area contributed by atoms with Crippen LogP contribution in [0.5, 0.6) is 0 Å². The van der Waals surface area contributed by atoms with E-state index in [1.54, 1.807) is 24.5 Å². The number of carbonyl (C=O) groups is 1. The molecule has 4 rings (SSSR count). The van der Waals surface area contributed by atoms with E-state index in [9.17, 15) is 9.18 Å². The van der Waals surface area contributed by atoms with Crippen molar-refractivity contribution in [3.63, 3.8) is 0 Å². The van der Waals surface area contributed by atoms with Crippen LogP contribution in [0.4, 0.5) is 10.1 Å². The SMILES string of the molecule is C[C@@H]1Cc2[nH]cc(C(=O)Nc3ccccc3F)c2-c2nccn21. The highest BCUT2D eigenvalue weighted by molar-refractivity contribution is 6.08. The summed E-state index contributed by atoms with van der Waals surface area (Å²) in [4.78, 5) is 20.1. The van der Waals surface area contributed by atoms with E-state index in [0.717, 1.165) is 23.5 Å². The van der Waals surface area contributed by atoms with Gasteiger partial charge in [0.15, 0.2) is 0 Å². The highest BCUT2D eigenvalue weighted by Gasteiger charge is 2.28. The van der Waals surface area contributed by atoms with Gasteiger partial charge < -0.3 is 14.9 Å². The molecular weight excluding hydrogens is 295 g/mol. The van der Waals surface area contributed by atoms with E-state index in [1.807, 2.05) is 6.20 Å². The zero-order valence-electron chi connectivity index (χ0n) is 12.5. The quantitative estimate of drug-likeness (QED) is 0.762. The average Bonchev–Trinajstić information content (AvgIpc) is 3.15. The van der Waals surface area contributed by atoms with E-state index in [0.29, 0.717) is 5.56 Å². The van der Waals surface area contributed by atoms with Gasteiger partial charge in [-0.3, -0.25) is 4.79 Å². The van der Waals surface area contributed by atoms with Gasteiger partial charge in [-0.05, 0) is 19.1 Å². The van der Waals surface area contributed by atoms with Crippen LogP contribution in [-0.2, 0) is 6.42 Å². The average molecular weight is 310 g/mol. The third-order valence-electron chi connectivity index (χ3n) is 4.20. The Morgan fingerprint density at radius 2 is 2.26 bits per heavy atom. The molecule has 0 bridgehead atoms. The van der Waals surface area contributed by atoms with E-state index in [2.05, 4.69) is 26.8 Å². The highest BCUT2D eigenvalue weighted by Crippen LogP contribution is 2.35. The summed E-state index contributed by atoms with van der Waals surface area (Å²) in [6.45, 7) is 2.11. The van der Waals surface area contributed by atoms with Gasteiger partial charge in [0.05, 0.1) is 16.8 Å². The van der Waals surface area contributed by atoms with E-state index >= 15 is 0 Å². The molecule has 2 aromatic heterocycles. The van der Waals surface area contributed by atoms with Crippen LogP contribution in [0.15, 0.2) is 42.9 Å². The molecule has 1 aliphatic heterocycles. The van der Waals surface area contributed by atoms with Crippen LogP contribution >= 0.6 is 0 Å². The number of nitrogens with one attached hydrogen (secondary N) is 2. The first kappa shape index (κ1) is 13.8. The molecule has 2 N–H and O–H groups in total. The Morgan fingerprint density at radius 3 is 3.09 bits per heavy atom. The molecule has 1 atom stereocenters. The first-order valence-electron chi connectivity index (χ1n) is 7.44. The Morgan fingerprint density at radius 1 is 1.43 bits per heavy atom. The summed E-state index contributed by atoms with van der Waals surface area (Å²) >= 11 is 0. The number of amides is 1. The fourth-order valence-corrected chi connectivity index (χ4v) is 3.07. The van der Waals surface area contributed by atoms with Gasteiger partial charge in [0.1, 0.15) is 11.6 Å². The zero-order valence-corrected chi connectivity index (χ0v) is 12.5. The fraction of sp³-hybridized carbons (Fsp3) is 0.176. The van der Waals surface area contributed by atoms with Gasteiger partial charge in [-0.1, -0.05) is 12.1 Å². The van der Waals surface area contributed by atoms with Gasteiger partial charge in [0.25, 0.3) is 5.91 Å². The minimum atomic E-state index is -0.458. The zero-order chi connectivity index (χ0) is 16.0. The van der Waals surface area contributed by atoms with Crippen molar-refractivity contribution in [1.82, 2.24) is 14.5 Å². The largest absolute Gasteiger partial charge is 0.364 e. The second-order valence-electron chi connectivity index (χ2n) is 5.70. The van der Waals surface area contributed by atoms with Gasteiger partial charge in [-0.15, -0.1) is 0 Å². The van der Waals surface area contributed by atoms with Gasteiger partial charge in [0.2, 0.25) is 0 Å². The lowest BCUT2D eigenvalue weighted by Gasteiger charge is -2.22. The molecule has 5 nitrogen and oxygen atoms in total. The predicted molar refractivity (Wildman–Crippen MR) is 84.8 cm³/mol. The number of imidazole rings is 1. The lowest BCUT2D eigenvalue weighted by atomic mass is 10.0. The number of aromatic nitrogens is 3. The van der Waals surface area contributed by atoms with E-state index in [4.69, 9.17) is 0 Å². The van der Waals surface area contributed by atoms with Gasteiger partial charge in [0, 0.05) is 36.7 Å². The molecule has 0 saturated carbocycles. The van der Waals surface area contributed by atoms with Gasteiger partial charge in [-0.25, -0.2) is 9.37 Å². The molecule has 1 aliphatic rings. The molecule has 1 aromatic carbocycles. The van der Waals surface area contributed by atoms with Crippen molar-refractivity contribution in [2.45, 2.75) is 19.4 Å². The molecule has 116 valence electrons. The summed E-state index contributed by atoms with van der Waals surface area (Å²) in [5.74, 6) is -0.0456. The maximum absolute atomic E-state index is 13.7. The molecule has 3 heterocycles. The molecule has 0 radical (unpaired) electrons. The molecule has 0 unspecified atom stereocenters. The second kappa shape index (κ2) is 5.08. The number of benzene rings is 1. The van der Waals surface area contributed by atoms with Gasteiger partial charge >= 0.3 is 0 Å². The van der Waals surface area contributed by atoms with Crippen molar-refractivity contribution in [3.8, 4) is 11.4 Å². The molecule has 0 spiro atoms. The number of hydrogen-bond donors (Lipinski definition) is 2. The number of aromatic amines is 1. The number of para-hydroxylation sites is 1. The van der Waals surface area contributed by atoms with E-state index in [1.165, 1.54) is 12.1 Å². The molecule has 0 fully saturated rings. The van der Waals surface area contributed by atoms with Crippen LogP contribution in [0.1, 0.15) is 29.0 Å². The van der Waals surface area contributed by atoms with E-state index < -0.39 is 5.82 Å². The lowest BCUT2D eigenvalue weighted by Crippen LogP contribution is -2.18. The number of anilines is 1. The topological polar surface area (TPSA) is 62.7 Å². The summed E-state index contributed by atoms with van der Waals surface area (Å²) < 4.78 is 15.8. The van der Waals surface area contributed by atoms with Crippen LogP contribution in [0, 0.1) is 5.82 Å². The minimum Gasteiger partial charge on any atom is -0.364 e. The van der Waals surface area contributed by atoms with Crippen LogP contribution in [-0.4, -0.2) is 20.4 Å². The first-order chi connectivity index (χ1) is 11.1. The molecule has 6 heteroatoms. The van der Waals surface area contributed by atoms with Crippen molar-refractivity contribution in [2.75, 3.05) is 5.32 Å². The summed E-state index contributed by atoms with van der Waals surface area (Å²) in [7, 11) is 0. The predicted octanol–water partition coefficient (Wildman–Crippen LogP) is 3.39. The van der Waals surface area contributed by atoms with Crippen molar-refractivity contribution < 1.29 is 9.18 Å². The number of nitrogens with zero attached hydrogens (tertiary/aromatic N) is 2. The monoisotopic (exact) mass is 310 g/mol. The second-order valence-corrected chi connectivity index (χ2v) is 5.70. The van der Waals surface area contributed by atoms with Crippen LogP contribution < -0.4 is 5.32 Å². The maximum Gasteiger partial charge on any atom is 0.258 e. The van der Waals surface area contributed by atoms with Crippen molar-refractivity contribution in [1.29, 1.82) is 0 Å². The van der Waals surface area contributed by atoms with Crippen molar-refractivity contribution in [3.05, 3.63) is 59.9 Å². The molecule has 0 aliphatic carbocycles. The first-order valence-corrected chi connectivity index (χ1v) is 7.44. The standard InChI is InChI=1S/C17H15FN4O/c1-10-8-14-15(16-19-6-7-22(10)16)11(9-20-14)17(23)21-13-5-3-2-4-12(13)18/h2-7,9-10,20H,8H2,1H3,(H,21,23)/t10-/m1/s1. The maximum atomic E-state index is 13.7.